The van der Waals surface area contributed by atoms with Gasteiger partial charge >= 0.3 is 0 Å². The maximum Gasteiger partial charge on any atom is 0.222 e. The van der Waals surface area contributed by atoms with Crippen molar-refractivity contribution in [1.82, 2.24) is 9.80 Å². The van der Waals surface area contributed by atoms with Gasteiger partial charge < -0.3 is 15.5 Å². The van der Waals surface area contributed by atoms with E-state index < -0.39 is 0 Å². The summed E-state index contributed by atoms with van der Waals surface area (Å²) in [6.45, 7) is 10.4. The first kappa shape index (κ1) is 15.4. The molecule has 1 atom stereocenters. The zero-order chi connectivity index (χ0) is 13.5. The minimum atomic E-state index is 0.127. The number of piperidine rings is 1. The molecule has 1 heterocycles. The molecule has 4 nitrogen and oxygen atoms in total. The Labute approximate surface area is 111 Å². The molecule has 1 aliphatic heterocycles. The first-order valence-electron chi connectivity index (χ1n) is 7.35. The summed E-state index contributed by atoms with van der Waals surface area (Å²) in [5, 5.41) is 0. The highest BCUT2D eigenvalue weighted by Crippen LogP contribution is 2.17. The molecule has 0 bridgehead atoms. The van der Waals surface area contributed by atoms with Crippen LogP contribution in [-0.4, -0.2) is 54.0 Å². The monoisotopic (exact) mass is 255 g/mol. The molecule has 1 aliphatic rings. The van der Waals surface area contributed by atoms with Crippen LogP contribution in [0.25, 0.3) is 0 Å². The van der Waals surface area contributed by atoms with E-state index in [4.69, 9.17) is 5.73 Å². The third-order valence-electron chi connectivity index (χ3n) is 3.96. The van der Waals surface area contributed by atoms with Crippen molar-refractivity contribution in [2.24, 2.45) is 5.73 Å². The number of hydrogen-bond donors (Lipinski definition) is 1. The van der Waals surface area contributed by atoms with E-state index in [0.717, 1.165) is 45.4 Å². The van der Waals surface area contributed by atoms with Gasteiger partial charge in [-0.1, -0.05) is 13.8 Å². The van der Waals surface area contributed by atoms with E-state index in [-0.39, 0.29) is 11.9 Å². The second kappa shape index (κ2) is 7.74. The minimum absolute atomic E-state index is 0.127. The van der Waals surface area contributed by atoms with Gasteiger partial charge in [0.05, 0.1) is 0 Å². The van der Waals surface area contributed by atoms with E-state index in [1.54, 1.807) is 0 Å². The third kappa shape index (κ3) is 4.58. The number of nitrogens with zero attached hydrogens (tertiary/aromatic N) is 2. The van der Waals surface area contributed by atoms with Crippen LogP contribution in [0.3, 0.4) is 0 Å². The molecule has 18 heavy (non-hydrogen) atoms. The van der Waals surface area contributed by atoms with Gasteiger partial charge in [-0.3, -0.25) is 4.79 Å². The van der Waals surface area contributed by atoms with Gasteiger partial charge in [-0.25, -0.2) is 0 Å². The van der Waals surface area contributed by atoms with Crippen molar-refractivity contribution in [2.45, 2.75) is 58.5 Å². The van der Waals surface area contributed by atoms with Crippen molar-refractivity contribution in [3.05, 3.63) is 0 Å². The highest BCUT2D eigenvalue weighted by Gasteiger charge is 2.25. The zero-order valence-electron chi connectivity index (χ0n) is 12.2. The van der Waals surface area contributed by atoms with Crippen LogP contribution in [0, 0.1) is 0 Å². The summed E-state index contributed by atoms with van der Waals surface area (Å²) in [4.78, 5) is 16.5. The SMILES string of the molecule is CCN(CC)C1CCN(C(=O)CCC(C)N)CC1. The molecule has 0 spiro atoms. The molecule has 0 aromatic rings. The lowest BCUT2D eigenvalue weighted by Gasteiger charge is -2.37. The van der Waals surface area contributed by atoms with E-state index in [9.17, 15) is 4.79 Å². The normalized spacial score (nSPS) is 19.3. The van der Waals surface area contributed by atoms with Crippen LogP contribution in [0.5, 0.6) is 0 Å². The molecule has 1 unspecified atom stereocenters. The number of nitrogens with two attached hydrogens (primary N) is 1. The van der Waals surface area contributed by atoms with Gasteiger partial charge in [-0.15, -0.1) is 0 Å². The molecule has 4 heteroatoms. The average Bonchev–Trinajstić information content (AvgIpc) is 2.38. The Hall–Kier alpha value is -0.610. The van der Waals surface area contributed by atoms with Crippen molar-refractivity contribution in [3.8, 4) is 0 Å². The maximum atomic E-state index is 12.0. The maximum absolute atomic E-state index is 12.0. The lowest BCUT2D eigenvalue weighted by molar-refractivity contribution is -0.132. The number of hydrogen-bond acceptors (Lipinski definition) is 3. The number of likely N-dealkylation sites (tertiary alicyclic amines) is 1. The summed E-state index contributed by atoms with van der Waals surface area (Å²) >= 11 is 0. The largest absolute Gasteiger partial charge is 0.343 e. The first-order chi connectivity index (χ1) is 8.58. The van der Waals surface area contributed by atoms with E-state index in [0.29, 0.717) is 12.5 Å². The number of carbonyl (C=O) groups is 1. The standard InChI is InChI=1S/C14H29N3O/c1-4-16(5-2)13-8-10-17(11-9-13)14(18)7-6-12(3)15/h12-13H,4-11,15H2,1-3H3. The van der Waals surface area contributed by atoms with Crippen molar-refractivity contribution < 1.29 is 4.79 Å². The predicted molar refractivity (Wildman–Crippen MR) is 75.4 cm³/mol. The van der Waals surface area contributed by atoms with Crippen LogP contribution in [0.1, 0.15) is 46.5 Å². The molecule has 0 aromatic carbocycles. The Kier molecular flexibility index (Phi) is 6.65. The molecule has 0 aliphatic carbocycles. The van der Waals surface area contributed by atoms with Crippen LogP contribution >= 0.6 is 0 Å². The molecule has 106 valence electrons. The highest BCUT2D eigenvalue weighted by atomic mass is 16.2. The molecular weight excluding hydrogens is 226 g/mol. The number of amides is 1. The Morgan fingerprint density at radius 3 is 2.33 bits per heavy atom. The quantitative estimate of drug-likeness (QED) is 0.781. The van der Waals surface area contributed by atoms with E-state index >= 15 is 0 Å². The van der Waals surface area contributed by atoms with Gasteiger partial charge in [0.2, 0.25) is 5.91 Å². The van der Waals surface area contributed by atoms with E-state index in [2.05, 4.69) is 18.7 Å². The fraction of sp³-hybridized carbons (Fsp3) is 0.929. The van der Waals surface area contributed by atoms with Gasteiger partial charge in [0.1, 0.15) is 0 Å². The van der Waals surface area contributed by atoms with Crippen LogP contribution in [-0.2, 0) is 4.79 Å². The fourth-order valence-electron chi connectivity index (χ4n) is 2.73. The summed E-state index contributed by atoms with van der Waals surface area (Å²) in [6, 6.07) is 0.791. The summed E-state index contributed by atoms with van der Waals surface area (Å²) in [6.07, 6.45) is 3.64. The number of carbonyl (C=O) groups excluding carboxylic acids is 1. The van der Waals surface area contributed by atoms with Gasteiger partial charge in [-0.05, 0) is 39.3 Å². The third-order valence-corrected chi connectivity index (χ3v) is 3.96. The second-order valence-electron chi connectivity index (χ2n) is 5.35. The highest BCUT2D eigenvalue weighted by molar-refractivity contribution is 5.76. The zero-order valence-corrected chi connectivity index (χ0v) is 12.2. The van der Waals surface area contributed by atoms with Crippen molar-refractivity contribution in [2.75, 3.05) is 26.2 Å². The van der Waals surface area contributed by atoms with Crippen molar-refractivity contribution >= 4 is 5.91 Å². The topological polar surface area (TPSA) is 49.6 Å². The van der Waals surface area contributed by atoms with Gasteiger partial charge in [-0.2, -0.15) is 0 Å². The summed E-state index contributed by atoms with van der Waals surface area (Å²) in [7, 11) is 0. The Bertz CT molecular complexity index is 243. The van der Waals surface area contributed by atoms with Crippen LogP contribution in [0.4, 0.5) is 0 Å². The predicted octanol–water partition coefficient (Wildman–Crippen LogP) is 1.45. The summed E-state index contributed by atoms with van der Waals surface area (Å²) < 4.78 is 0. The van der Waals surface area contributed by atoms with Crippen molar-refractivity contribution in [1.29, 1.82) is 0 Å². The number of rotatable bonds is 6. The molecule has 1 amide bonds. The molecule has 2 N–H and O–H groups in total. The lowest BCUT2D eigenvalue weighted by Crippen LogP contribution is -2.46. The smallest absolute Gasteiger partial charge is 0.222 e. The Balaban J connectivity index is 2.32. The molecule has 1 saturated heterocycles. The molecule has 1 fully saturated rings. The van der Waals surface area contributed by atoms with E-state index in [1.165, 1.54) is 0 Å². The molecule has 0 saturated carbocycles. The summed E-state index contributed by atoms with van der Waals surface area (Å²) in [5.74, 6) is 0.283. The van der Waals surface area contributed by atoms with Crippen LogP contribution < -0.4 is 5.73 Å². The van der Waals surface area contributed by atoms with Gasteiger partial charge in [0.15, 0.2) is 0 Å². The van der Waals surface area contributed by atoms with Crippen molar-refractivity contribution in [3.63, 3.8) is 0 Å². The minimum Gasteiger partial charge on any atom is -0.343 e. The van der Waals surface area contributed by atoms with Crippen LogP contribution in [0.2, 0.25) is 0 Å². The summed E-state index contributed by atoms with van der Waals surface area (Å²) in [5.41, 5.74) is 5.69. The average molecular weight is 255 g/mol. The lowest BCUT2D eigenvalue weighted by atomic mass is 10.0. The fourth-order valence-corrected chi connectivity index (χ4v) is 2.73. The first-order valence-corrected chi connectivity index (χ1v) is 7.35. The molecular formula is C14H29N3O. The molecule has 1 rings (SSSR count). The Morgan fingerprint density at radius 2 is 1.89 bits per heavy atom. The second-order valence-corrected chi connectivity index (χ2v) is 5.35. The van der Waals surface area contributed by atoms with Gasteiger partial charge in [0, 0.05) is 31.6 Å². The van der Waals surface area contributed by atoms with Crippen LogP contribution in [0.15, 0.2) is 0 Å². The molecule has 0 radical (unpaired) electrons. The Morgan fingerprint density at radius 1 is 1.33 bits per heavy atom. The molecule has 0 aromatic heterocycles. The van der Waals surface area contributed by atoms with E-state index in [1.807, 2.05) is 11.8 Å². The van der Waals surface area contributed by atoms with Gasteiger partial charge in [0.25, 0.3) is 0 Å².